The molecule has 1 aromatic rings. The lowest BCUT2D eigenvalue weighted by atomic mass is 10.1. The zero-order valence-electron chi connectivity index (χ0n) is 9.98. The highest BCUT2D eigenvalue weighted by atomic mass is 16.5. The van der Waals surface area contributed by atoms with E-state index in [2.05, 4.69) is 17.1 Å². The van der Waals surface area contributed by atoms with Crippen LogP contribution >= 0.6 is 0 Å². The Morgan fingerprint density at radius 3 is 2.50 bits per heavy atom. The fourth-order valence-corrected chi connectivity index (χ4v) is 1.47. The third-order valence-corrected chi connectivity index (χ3v) is 2.41. The Kier molecular flexibility index (Phi) is 6.30. The minimum Gasteiger partial charge on any atom is -0.477 e. The van der Waals surface area contributed by atoms with Crippen LogP contribution in [0.5, 0.6) is 5.88 Å². The normalized spacial score (nSPS) is 10.3. The summed E-state index contributed by atoms with van der Waals surface area (Å²) in [6, 6.07) is 3.45. The SMILES string of the molecule is CCCCCCCCOc1ccc(N)nn1. The maximum absolute atomic E-state index is 5.44. The summed E-state index contributed by atoms with van der Waals surface area (Å²) in [5, 5.41) is 7.55. The first-order chi connectivity index (χ1) is 7.83. The molecule has 0 fully saturated rings. The van der Waals surface area contributed by atoms with E-state index < -0.39 is 0 Å². The lowest BCUT2D eigenvalue weighted by Gasteiger charge is -2.04. The van der Waals surface area contributed by atoms with Crippen molar-refractivity contribution in [3.63, 3.8) is 0 Å². The lowest BCUT2D eigenvalue weighted by Crippen LogP contribution is -2.01. The Morgan fingerprint density at radius 1 is 1.06 bits per heavy atom. The lowest BCUT2D eigenvalue weighted by molar-refractivity contribution is 0.290. The predicted molar refractivity (Wildman–Crippen MR) is 65.3 cm³/mol. The Bertz CT molecular complexity index is 274. The summed E-state index contributed by atoms with van der Waals surface area (Å²) in [4.78, 5) is 0. The molecule has 16 heavy (non-hydrogen) atoms. The van der Waals surface area contributed by atoms with Crippen LogP contribution in [0.1, 0.15) is 45.4 Å². The zero-order valence-corrected chi connectivity index (χ0v) is 9.98. The first-order valence-corrected chi connectivity index (χ1v) is 6.05. The van der Waals surface area contributed by atoms with E-state index in [1.54, 1.807) is 12.1 Å². The average molecular weight is 223 g/mol. The van der Waals surface area contributed by atoms with Crippen molar-refractivity contribution in [3.8, 4) is 5.88 Å². The summed E-state index contributed by atoms with van der Waals surface area (Å²) in [6.07, 6.45) is 7.56. The number of ether oxygens (including phenoxy) is 1. The van der Waals surface area contributed by atoms with Crippen LogP contribution in [0.25, 0.3) is 0 Å². The molecule has 0 spiro atoms. The third kappa shape index (κ3) is 5.53. The molecule has 0 atom stereocenters. The summed E-state index contributed by atoms with van der Waals surface area (Å²) in [7, 11) is 0. The average Bonchev–Trinajstić information content (AvgIpc) is 2.30. The monoisotopic (exact) mass is 223 g/mol. The van der Waals surface area contributed by atoms with Crippen LogP contribution in [0, 0.1) is 0 Å². The van der Waals surface area contributed by atoms with E-state index in [-0.39, 0.29) is 0 Å². The third-order valence-electron chi connectivity index (χ3n) is 2.41. The van der Waals surface area contributed by atoms with Gasteiger partial charge in [0.1, 0.15) is 5.82 Å². The molecule has 1 rings (SSSR count). The fraction of sp³-hybridized carbons (Fsp3) is 0.667. The summed E-state index contributed by atoms with van der Waals surface area (Å²) < 4.78 is 5.44. The first-order valence-electron chi connectivity index (χ1n) is 6.05. The molecule has 0 saturated carbocycles. The standard InChI is InChI=1S/C12H21N3O/c1-2-3-4-5-6-7-10-16-12-9-8-11(13)14-15-12/h8-9H,2-7,10H2,1H3,(H2,13,14). The van der Waals surface area contributed by atoms with Gasteiger partial charge in [0.2, 0.25) is 5.88 Å². The van der Waals surface area contributed by atoms with Crippen molar-refractivity contribution in [2.75, 3.05) is 12.3 Å². The van der Waals surface area contributed by atoms with Gasteiger partial charge in [-0.15, -0.1) is 10.2 Å². The van der Waals surface area contributed by atoms with Gasteiger partial charge in [-0.05, 0) is 12.5 Å². The molecule has 0 aromatic carbocycles. The second kappa shape index (κ2) is 7.91. The van der Waals surface area contributed by atoms with Gasteiger partial charge in [0.15, 0.2) is 0 Å². The van der Waals surface area contributed by atoms with E-state index in [1.165, 1.54) is 32.1 Å². The topological polar surface area (TPSA) is 61.0 Å². The van der Waals surface area contributed by atoms with Gasteiger partial charge in [0.05, 0.1) is 6.61 Å². The molecule has 4 heteroatoms. The van der Waals surface area contributed by atoms with E-state index in [9.17, 15) is 0 Å². The molecule has 90 valence electrons. The van der Waals surface area contributed by atoms with Gasteiger partial charge in [0, 0.05) is 6.07 Å². The highest BCUT2D eigenvalue weighted by Crippen LogP contribution is 2.08. The second-order valence-electron chi connectivity index (χ2n) is 3.91. The summed E-state index contributed by atoms with van der Waals surface area (Å²) >= 11 is 0. The van der Waals surface area contributed by atoms with Crippen molar-refractivity contribution in [1.29, 1.82) is 0 Å². The number of anilines is 1. The first kappa shape index (κ1) is 12.7. The number of aromatic nitrogens is 2. The predicted octanol–water partition coefficient (Wildman–Crippen LogP) is 2.80. The van der Waals surface area contributed by atoms with Crippen LogP contribution in [0.2, 0.25) is 0 Å². The van der Waals surface area contributed by atoms with E-state index in [0.29, 0.717) is 18.3 Å². The van der Waals surface area contributed by atoms with E-state index in [4.69, 9.17) is 10.5 Å². The number of unbranched alkanes of at least 4 members (excludes halogenated alkanes) is 5. The molecule has 0 aliphatic heterocycles. The highest BCUT2D eigenvalue weighted by molar-refractivity contribution is 5.27. The molecule has 1 aromatic heterocycles. The number of nitrogens with zero attached hydrogens (tertiary/aromatic N) is 2. The van der Waals surface area contributed by atoms with Crippen LogP contribution in [-0.4, -0.2) is 16.8 Å². The molecule has 0 bridgehead atoms. The molecular formula is C12H21N3O. The maximum atomic E-state index is 5.44. The van der Waals surface area contributed by atoms with E-state index in [1.807, 2.05) is 0 Å². The van der Waals surface area contributed by atoms with Crippen molar-refractivity contribution >= 4 is 5.82 Å². The van der Waals surface area contributed by atoms with Crippen molar-refractivity contribution in [2.45, 2.75) is 45.4 Å². The Morgan fingerprint density at radius 2 is 1.81 bits per heavy atom. The number of nitrogens with two attached hydrogens (primary N) is 1. The molecule has 0 amide bonds. The number of hydrogen-bond acceptors (Lipinski definition) is 4. The van der Waals surface area contributed by atoms with E-state index in [0.717, 1.165) is 6.42 Å². The number of nitrogen functional groups attached to an aromatic ring is 1. The second-order valence-corrected chi connectivity index (χ2v) is 3.91. The Labute approximate surface area is 97.2 Å². The summed E-state index contributed by atoms with van der Waals surface area (Å²) in [5.74, 6) is 0.981. The largest absolute Gasteiger partial charge is 0.477 e. The summed E-state index contributed by atoms with van der Waals surface area (Å²) in [6.45, 7) is 2.94. The van der Waals surface area contributed by atoms with Crippen LogP contribution < -0.4 is 10.5 Å². The molecule has 0 saturated heterocycles. The van der Waals surface area contributed by atoms with Crippen LogP contribution in [0.4, 0.5) is 5.82 Å². The van der Waals surface area contributed by atoms with Crippen molar-refractivity contribution in [3.05, 3.63) is 12.1 Å². The quantitative estimate of drug-likeness (QED) is 0.688. The Balaban J connectivity index is 2.01. The van der Waals surface area contributed by atoms with Gasteiger partial charge < -0.3 is 10.5 Å². The number of hydrogen-bond donors (Lipinski definition) is 1. The van der Waals surface area contributed by atoms with Crippen molar-refractivity contribution < 1.29 is 4.74 Å². The van der Waals surface area contributed by atoms with Gasteiger partial charge in [-0.2, -0.15) is 0 Å². The smallest absolute Gasteiger partial charge is 0.233 e. The van der Waals surface area contributed by atoms with Crippen LogP contribution in [0.15, 0.2) is 12.1 Å². The minimum absolute atomic E-state index is 0.423. The highest BCUT2D eigenvalue weighted by Gasteiger charge is 1.96. The molecule has 0 unspecified atom stereocenters. The fourth-order valence-electron chi connectivity index (χ4n) is 1.47. The molecule has 2 N–H and O–H groups in total. The summed E-state index contributed by atoms with van der Waals surface area (Å²) in [5.41, 5.74) is 5.42. The van der Waals surface area contributed by atoms with E-state index >= 15 is 0 Å². The molecular weight excluding hydrogens is 202 g/mol. The van der Waals surface area contributed by atoms with Crippen molar-refractivity contribution in [1.82, 2.24) is 10.2 Å². The zero-order chi connectivity index (χ0) is 11.6. The molecule has 0 radical (unpaired) electrons. The molecule has 1 heterocycles. The molecule has 0 aliphatic carbocycles. The van der Waals surface area contributed by atoms with Gasteiger partial charge >= 0.3 is 0 Å². The number of rotatable bonds is 8. The molecule has 0 aliphatic rings. The van der Waals surface area contributed by atoms with Gasteiger partial charge in [-0.1, -0.05) is 39.0 Å². The molecule has 4 nitrogen and oxygen atoms in total. The van der Waals surface area contributed by atoms with Crippen LogP contribution in [-0.2, 0) is 0 Å². The van der Waals surface area contributed by atoms with Crippen LogP contribution in [0.3, 0.4) is 0 Å². The maximum Gasteiger partial charge on any atom is 0.233 e. The minimum atomic E-state index is 0.423. The Hall–Kier alpha value is -1.32. The van der Waals surface area contributed by atoms with Gasteiger partial charge in [-0.3, -0.25) is 0 Å². The van der Waals surface area contributed by atoms with Gasteiger partial charge in [0.25, 0.3) is 0 Å². The van der Waals surface area contributed by atoms with Crippen molar-refractivity contribution in [2.24, 2.45) is 0 Å². The van der Waals surface area contributed by atoms with Gasteiger partial charge in [-0.25, -0.2) is 0 Å².